The van der Waals surface area contributed by atoms with Gasteiger partial charge >= 0.3 is 0 Å². The fourth-order valence-electron chi connectivity index (χ4n) is 1.75. The van der Waals surface area contributed by atoms with Gasteiger partial charge in [0.1, 0.15) is 0 Å². The van der Waals surface area contributed by atoms with Crippen LogP contribution in [-0.4, -0.2) is 21.3 Å². The number of thioether (sulfide) groups is 1. The topological polar surface area (TPSA) is 43.8 Å². The van der Waals surface area contributed by atoms with E-state index in [1.54, 1.807) is 0 Å². The zero-order valence-electron chi connectivity index (χ0n) is 8.08. The van der Waals surface area contributed by atoms with Gasteiger partial charge in [0.15, 0.2) is 0 Å². The summed E-state index contributed by atoms with van der Waals surface area (Å²) in [6, 6.07) is 0.570. The number of aromatic nitrogens is 2. The number of nitrogens with two attached hydrogens (primary N) is 1. The first kappa shape index (κ1) is 8.94. The fourth-order valence-corrected chi connectivity index (χ4v) is 2.93. The van der Waals surface area contributed by atoms with Gasteiger partial charge in [-0.2, -0.15) is 16.9 Å². The molecule has 1 aromatic heterocycles. The van der Waals surface area contributed by atoms with Crippen molar-refractivity contribution in [1.82, 2.24) is 9.78 Å². The average Bonchev–Trinajstić information content (AvgIpc) is 2.70. The van der Waals surface area contributed by atoms with Crippen LogP contribution in [-0.2, 0) is 0 Å². The van der Waals surface area contributed by atoms with Crippen molar-refractivity contribution in [3.63, 3.8) is 0 Å². The van der Waals surface area contributed by atoms with Crippen LogP contribution in [0.15, 0.2) is 0 Å². The molecular formula is C9H15N3S. The molecule has 1 fully saturated rings. The summed E-state index contributed by atoms with van der Waals surface area (Å²) in [4.78, 5) is 0. The Morgan fingerprint density at radius 3 is 2.77 bits per heavy atom. The lowest BCUT2D eigenvalue weighted by Crippen LogP contribution is -2.11. The summed E-state index contributed by atoms with van der Waals surface area (Å²) in [5.74, 6) is 2.43. The van der Waals surface area contributed by atoms with Crippen LogP contribution in [0, 0.1) is 13.8 Å². The molecule has 0 radical (unpaired) electrons. The molecule has 2 heterocycles. The first-order valence-electron chi connectivity index (χ1n) is 4.59. The fraction of sp³-hybridized carbons (Fsp3) is 0.667. The van der Waals surface area contributed by atoms with Crippen molar-refractivity contribution in [1.29, 1.82) is 0 Å². The van der Waals surface area contributed by atoms with Crippen LogP contribution < -0.4 is 5.73 Å². The normalized spacial score (nSPS) is 22.5. The van der Waals surface area contributed by atoms with Crippen LogP contribution in [0.25, 0.3) is 0 Å². The molecule has 2 N–H and O–H groups in total. The summed E-state index contributed by atoms with van der Waals surface area (Å²) in [6.45, 7) is 4.03. The Kier molecular flexibility index (Phi) is 2.24. The molecule has 2 rings (SSSR count). The number of rotatable bonds is 1. The van der Waals surface area contributed by atoms with E-state index in [1.807, 2.05) is 18.7 Å². The van der Waals surface area contributed by atoms with Gasteiger partial charge in [0.25, 0.3) is 0 Å². The highest BCUT2D eigenvalue weighted by molar-refractivity contribution is 7.99. The molecule has 72 valence electrons. The van der Waals surface area contributed by atoms with E-state index < -0.39 is 0 Å². The van der Waals surface area contributed by atoms with Gasteiger partial charge in [-0.15, -0.1) is 0 Å². The first-order valence-corrected chi connectivity index (χ1v) is 5.74. The molecule has 1 atom stereocenters. The maximum absolute atomic E-state index is 5.88. The average molecular weight is 197 g/mol. The second-order valence-corrected chi connectivity index (χ2v) is 4.70. The second-order valence-electron chi connectivity index (χ2n) is 3.55. The standard InChI is InChI=1S/C9H15N3S/c1-6-9(10)7(2)12(11-6)8-3-4-13-5-8/h8H,3-5,10H2,1-2H3. The molecule has 0 bridgehead atoms. The number of hydrogen-bond donors (Lipinski definition) is 1. The molecule has 1 saturated heterocycles. The molecule has 0 aromatic carbocycles. The molecule has 0 aliphatic carbocycles. The van der Waals surface area contributed by atoms with Crippen LogP contribution in [0.3, 0.4) is 0 Å². The Balaban J connectivity index is 2.34. The number of hydrogen-bond acceptors (Lipinski definition) is 3. The lowest BCUT2D eigenvalue weighted by Gasteiger charge is -2.10. The zero-order valence-corrected chi connectivity index (χ0v) is 8.90. The van der Waals surface area contributed by atoms with Gasteiger partial charge in [-0.25, -0.2) is 0 Å². The number of nitrogen functional groups attached to an aromatic ring is 1. The molecule has 1 aliphatic rings. The highest BCUT2D eigenvalue weighted by Crippen LogP contribution is 2.30. The number of anilines is 1. The molecule has 0 saturated carbocycles. The molecule has 0 amide bonds. The molecule has 13 heavy (non-hydrogen) atoms. The van der Waals surface area contributed by atoms with Crippen molar-refractivity contribution in [3.8, 4) is 0 Å². The van der Waals surface area contributed by atoms with Crippen LogP contribution in [0.5, 0.6) is 0 Å². The minimum Gasteiger partial charge on any atom is -0.396 e. The third-order valence-corrected chi connectivity index (χ3v) is 3.78. The Morgan fingerprint density at radius 1 is 1.54 bits per heavy atom. The van der Waals surface area contributed by atoms with Gasteiger partial charge in [0.2, 0.25) is 0 Å². The lowest BCUT2D eigenvalue weighted by molar-refractivity contribution is 0.488. The maximum Gasteiger partial charge on any atom is 0.0826 e. The van der Waals surface area contributed by atoms with E-state index >= 15 is 0 Å². The maximum atomic E-state index is 5.88. The van der Waals surface area contributed by atoms with Gasteiger partial charge in [-0.3, -0.25) is 4.68 Å². The summed E-state index contributed by atoms with van der Waals surface area (Å²) >= 11 is 2.00. The predicted octanol–water partition coefficient (Wildman–Crippen LogP) is 1.76. The van der Waals surface area contributed by atoms with Gasteiger partial charge < -0.3 is 5.73 Å². The smallest absolute Gasteiger partial charge is 0.0826 e. The van der Waals surface area contributed by atoms with Gasteiger partial charge in [-0.05, 0) is 26.0 Å². The SMILES string of the molecule is Cc1nn(C2CCSC2)c(C)c1N. The highest BCUT2D eigenvalue weighted by atomic mass is 32.2. The van der Waals surface area contributed by atoms with Crippen molar-refractivity contribution in [2.75, 3.05) is 17.2 Å². The quantitative estimate of drug-likeness (QED) is 0.746. The van der Waals surface area contributed by atoms with Crippen molar-refractivity contribution < 1.29 is 0 Å². The van der Waals surface area contributed by atoms with Gasteiger partial charge in [0.05, 0.1) is 23.1 Å². The Bertz CT molecular complexity index is 313. The van der Waals surface area contributed by atoms with Crippen molar-refractivity contribution in [2.45, 2.75) is 26.3 Å². The molecule has 1 unspecified atom stereocenters. The van der Waals surface area contributed by atoms with E-state index in [2.05, 4.69) is 16.7 Å². The third kappa shape index (κ3) is 1.43. The molecule has 1 aliphatic heterocycles. The van der Waals surface area contributed by atoms with E-state index in [9.17, 15) is 0 Å². The first-order chi connectivity index (χ1) is 6.20. The monoisotopic (exact) mass is 197 g/mol. The van der Waals surface area contributed by atoms with Crippen LogP contribution in [0.1, 0.15) is 23.9 Å². The van der Waals surface area contributed by atoms with Gasteiger partial charge in [0, 0.05) is 5.75 Å². The lowest BCUT2D eigenvalue weighted by atomic mass is 10.2. The second kappa shape index (κ2) is 3.25. The molecule has 3 nitrogen and oxygen atoms in total. The number of nitrogens with zero attached hydrogens (tertiary/aromatic N) is 2. The Labute approximate surface area is 82.7 Å². The van der Waals surface area contributed by atoms with E-state index in [-0.39, 0.29) is 0 Å². The van der Waals surface area contributed by atoms with E-state index in [0.29, 0.717) is 6.04 Å². The molecular weight excluding hydrogens is 182 g/mol. The largest absolute Gasteiger partial charge is 0.396 e. The number of aryl methyl sites for hydroxylation is 1. The van der Waals surface area contributed by atoms with Crippen molar-refractivity contribution >= 4 is 17.4 Å². The minimum absolute atomic E-state index is 0.570. The van der Waals surface area contributed by atoms with Crippen LogP contribution in [0.2, 0.25) is 0 Å². The van der Waals surface area contributed by atoms with Crippen LogP contribution >= 0.6 is 11.8 Å². The molecule has 4 heteroatoms. The minimum atomic E-state index is 0.570. The summed E-state index contributed by atoms with van der Waals surface area (Å²) in [5.41, 5.74) is 8.84. The molecule has 0 spiro atoms. The van der Waals surface area contributed by atoms with E-state index in [4.69, 9.17) is 5.73 Å². The Morgan fingerprint density at radius 2 is 2.31 bits per heavy atom. The zero-order chi connectivity index (χ0) is 9.42. The predicted molar refractivity (Wildman–Crippen MR) is 57.1 cm³/mol. The van der Waals surface area contributed by atoms with Crippen LogP contribution in [0.4, 0.5) is 5.69 Å². The highest BCUT2D eigenvalue weighted by Gasteiger charge is 2.21. The van der Waals surface area contributed by atoms with E-state index in [1.165, 1.54) is 17.9 Å². The summed E-state index contributed by atoms with van der Waals surface area (Å²) in [5, 5.41) is 4.47. The molecule has 1 aromatic rings. The Hall–Kier alpha value is -0.640. The van der Waals surface area contributed by atoms with Crippen molar-refractivity contribution in [2.24, 2.45) is 0 Å². The summed E-state index contributed by atoms with van der Waals surface area (Å²) in [7, 11) is 0. The van der Waals surface area contributed by atoms with E-state index in [0.717, 1.165) is 17.1 Å². The van der Waals surface area contributed by atoms with Crippen molar-refractivity contribution in [3.05, 3.63) is 11.4 Å². The summed E-state index contributed by atoms with van der Waals surface area (Å²) in [6.07, 6.45) is 1.23. The van der Waals surface area contributed by atoms with Gasteiger partial charge in [-0.1, -0.05) is 0 Å². The summed E-state index contributed by atoms with van der Waals surface area (Å²) < 4.78 is 2.10. The third-order valence-electron chi connectivity index (χ3n) is 2.63.